The number of rotatable bonds is 1. The second kappa shape index (κ2) is 2.36. The quantitative estimate of drug-likeness (QED) is 0.516. The van der Waals surface area contributed by atoms with Gasteiger partial charge in [0.1, 0.15) is 0 Å². The Kier molecular flexibility index (Phi) is 1.32. The molecule has 1 saturated carbocycles. The first-order valence-electron chi connectivity index (χ1n) is 4.65. The van der Waals surface area contributed by atoms with Crippen LogP contribution in [0, 0.1) is 10.1 Å². The van der Waals surface area contributed by atoms with Gasteiger partial charge in [0.15, 0.2) is 5.60 Å². The molecule has 1 aromatic carbocycles. The van der Waals surface area contributed by atoms with Crippen molar-refractivity contribution in [1.29, 1.82) is 0 Å². The lowest BCUT2D eigenvalue weighted by Gasteiger charge is -2.04. The Morgan fingerprint density at radius 1 is 1.40 bits per heavy atom. The largest absolute Gasteiger partial charge is 0.471 e. The van der Waals surface area contributed by atoms with Crippen LogP contribution in [-0.2, 0) is 0 Å². The normalized spacial score (nSPS) is 19.9. The van der Waals surface area contributed by atoms with E-state index in [9.17, 15) is 14.9 Å². The van der Waals surface area contributed by atoms with E-state index in [1.165, 1.54) is 12.1 Å². The van der Waals surface area contributed by atoms with Crippen LogP contribution in [0.15, 0.2) is 18.2 Å². The number of benzene rings is 1. The van der Waals surface area contributed by atoms with Crippen LogP contribution in [0.1, 0.15) is 23.2 Å². The lowest BCUT2D eigenvalue weighted by molar-refractivity contribution is -0.385. The Bertz CT molecular complexity index is 490. The molecule has 0 N–H and O–H groups in total. The highest BCUT2D eigenvalue weighted by molar-refractivity contribution is 6.10. The molecule has 76 valence electrons. The van der Waals surface area contributed by atoms with Crippen molar-refractivity contribution >= 4 is 11.5 Å². The van der Waals surface area contributed by atoms with E-state index in [1.807, 2.05) is 0 Å². The lowest BCUT2D eigenvalue weighted by atomic mass is 10.1. The van der Waals surface area contributed by atoms with Gasteiger partial charge in [0, 0.05) is 6.07 Å². The first-order valence-corrected chi connectivity index (χ1v) is 4.65. The number of carbonyl (C=O) groups excluding carboxylic acids is 1. The number of ether oxygens (including phenoxy) is 1. The van der Waals surface area contributed by atoms with Crippen LogP contribution in [0.2, 0.25) is 0 Å². The number of nitro benzene ring substituents is 1. The van der Waals surface area contributed by atoms with Gasteiger partial charge in [-0.05, 0) is 18.9 Å². The maximum absolute atomic E-state index is 11.8. The summed E-state index contributed by atoms with van der Waals surface area (Å²) in [6.45, 7) is 0. The SMILES string of the molecule is O=C1c2cccc([N+](=O)[O-])c2OC12CC2. The minimum Gasteiger partial charge on any atom is -0.471 e. The van der Waals surface area contributed by atoms with Crippen LogP contribution < -0.4 is 4.74 Å². The summed E-state index contributed by atoms with van der Waals surface area (Å²) in [5.41, 5.74) is -0.527. The average Bonchev–Trinajstić information content (AvgIpc) is 2.91. The Labute approximate surface area is 84.8 Å². The summed E-state index contributed by atoms with van der Waals surface area (Å²) >= 11 is 0. The highest BCUT2D eigenvalue weighted by atomic mass is 16.6. The average molecular weight is 205 g/mol. The van der Waals surface area contributed by atoms with E-state index in [-0.39, 0.29) is 17.2 Å². The molecule has 1 heterocycles. The van der Waals surface area contributed by atoms with Gasteiger partial charge in [-0.2, -0.15) is 0 Å². The fraction of sp³-hybridized carbons (Fsp3) is 0.300. The van der Waals surface area contributed by atoms with Gasteiger partial charge < -0.3 is 4.74 Å². The fourth-order valence-electron chi connectivity index (χ4n) is 1.88. The molecule has 0 bridgehead atoms. The standard InChI is InChI=1S/C10H7NO4/c12-9-6-2-1-3-7(11(13)14)8(6)15-10(9)4-5-10/h1-3H,4-5H2. The van der Waals surface area contributed by atoms with E-state index in [1.54, 1.807) is 6.07 Å². The van der Waals surface area contributed by atoms with Crippen molar-refractivity contribution in [3.8, 4) is 5.75 Å². The molecular formula is C10H7NO4. The van der Waals surface area contributed by atoms with Crippen molar-refractivity contribution in [2.75, 3.05) is 0 Å². The molecule has 15 heavy (non-hydrogen) atoms. The van der Waals surface area contributed by atoms with E-state index in [0.717, 1.165) is 0 Å². The summed E-state index contributed by atoms with van der Waals surface area (Å²) in [5.74, 6) is 0.0335. The van der Waals surface area contributed by atoms with E-state index < -0.39 is 10.5 Å². The predicted molar refractivity (Wildman–Crippen MR) is 50.0 cm³/mol. The van der Waals surface area contributed by atoms with Crippen molar-refractivity contribution in [2.24, 2.45) is 0 Å². The van der Waals surface area contributed by atoms with Gasteiger partial charge >= 0.3 is 5.69 Å². The van der Waals surface area contributed by atoms with Gasteiger partial charge in [-0.3, -0.25) is 14.9 Å². The summed E-state index contributed by atoms with van der Waals surface area (Å²) in [5, 5.41) is 10.7. The van der Waals surface area contributed by atoms with Gasteiger partial charge in [0.2, 0.25) is 11.5 Å². The molecule has 1 fully saturated rings. The number of ketones is 1. The van der Waals surface area contributed by atoms with Crippen LogP contribution in [0.4, 0.5) is 5.69 Å². The zero-order valence-corrected chi connectivity index (χ0v) is 7.73. The van der Waals surface area contributed by atoms with E-state index >= 15 is 0 Å². The molecule has 0 radical (unpaired) electrons. The summed E-state index contributed by atoms with van der Waals surface area (Å²) < 4.78 is 5.42. The first kappa shape index (κ1) is 8.40. The van der Waals surface area contributed by atoms with Crippen LogP contribution in [-0.4, -0.2) is 16.3 Å². The monoisotopic (exact) mass is 205 g/mol. The second-order valence-electron chi connectivity index (χ2n) is 3.84. The topological polar surface area (TPSA) is 69.4 Å². The number of para-hydroxylation sites is 1. The Balaban J connectivity index is 2.20. The molecule has 1 aliphatic carbocycles. The van der Waals surface area contributed by atoms with Crippen molar-refractivity contribution in [2.45, 2.75) is 18.4 Å². The third-order valence-electron chi connectivity index (χ3n) is 2.85. The number of hydrogen-bond donors (Lipinski definition) is 0. The highest BCUT2D eigenvalue weighted by Gasteiger charge is 2.59. The molecular weight excluding hydrogens is 198 g/mol. The number of hydrogen-bond acceptors (Lipinski definition) is 4. The number of nitrogens with zero attached hydrogens (tertiary/aromatic N) is 1. The molecule has 0 atom stereocenters. The van der Waals surface area contributed by atoms with Gasteiger partial charge in [-0.25, -0.2) is 0 Å². The van der Waals surface area contributed by atoms with Gasteiger partial charge in [-0.15, -0.1) is 0 Å². The van der Waals surface area contributed by atoms with Crippen molar-refractivity contribution in [1.82, 2.24) is 0 Å². The maximum atomic E-state index is 11.8. The van der Waals surface area contributed by atoms with Crippen molar-refractivity contribution < 1.29 is 14.5 Å². The molecule has 5 nitrogen and oxygen atoms in total. The first-order chi connectivity index (χ1) is 7.14. The zero-order chi connectivity index (χ0) is 10.6. The molecule has 1 spiro atoms. The minimum atomic E-state index is -0.756. The van der Waals surface area contributed by atoms with Gasteiger partial charge in [0.25, 0.3) is 0 Å². The Hall–Kier alpha value is -1.91. The highest BCUT2D eigenvalue weighted by Crippen LogP contribution is 2.52. The third-order valence-corrected chi connectivity index (χ3v) is 2.85. The number of fused-ring (bicyclic) bond motifs is 1. The molecule has 1 aliphatic heterocycles. The smallest absolute Gasteiger partial charge is 0.311 e. The second-order valence-corrected chi connectivity index (χ2v) is 3.84. The van der Waals surface area contributed by atoms with Gasteiger partial charge in [0.05, 0.1) is 10.5 Å². The number of carbonyl (C=O) groups is 1. The zero-order valence-electron chi connectivity index (χ0n) is 7.73. The molecule has 0 amide bonds. The summed E-state index contributed by atoms with van der Waals surface area (Å²) in [7, 11) is 0. The maximum Gasteiger partial charge on any atom is 0.311 e. The molecule has 2 aliphatic rings. The number of Topliss-reactive ketones (excluding diaryl/α,β-unsaturated/α-hetero) is 1. The lowest BCUT2D eigenvalue weighted by Crippen LogP contribution is -2.21. The van der Waals surface area contributed by atoms with Crippen LogP contribution in [0.5, 0.6) is 5.75 Å². The van der Waals surface area contributed by atoms with Crippen molar-refractivity contribution in [3.05, 3.63) is 33.9 Å². The molecule has 5 heteroatoms. The van der Waals surface area contributed by atoms with E-state index in [2.05, 4.69) is 0 Å². The molecule has 3 rings (SSSR count). The molecule has 1 aromatic rings. The Morgan fingerprint density at radius 2 is 2.13 bits per heavy atom. The summed E-state index contributed by atoms with van der Waals surface area (Å²) in [6.07, 6.45) is 1.33. The number of nitro groups is 1. The predicted octanol–water partition coefficient (Wildman–Crippen LogP) is 1.70. The van der Waals surface area contributed by atoms with Crippen LogP contribution in [0.3, 0.4) is 0 Å². The van der Waals surface area contributed by atoms with Crippen LogP contribution in [0.25, 0.3) is 0 Å². The summed E-state index contributed by atoms with van der Waals surface area (Å²) in [6, 6.07) is 4.45. The van der Waals surface area contributed by atoms with Crippen LogP contribution >= 0.6 is 0 Å². The van der Waals surface area contributed by atoms with E-state index in [0.29, 0.717) is 18.4 Å². The van der Waals surface area contributed by atoms with Gasteiger partial charge in [-0.1, -0.05) is 6.07 Å². The molecule has 0 aromatic heterocycles. The minimum absolute atomic E-state index is 0.110. The molecule has 0 unspecified atom stereocenters. The third kappa shape index (κ3) is 0.945. The van der Waals surface area contributed by atoms with E-state index in [4.69, 9.17) is 4.74 Å². The summed E-state index contributed by atoms with van der Waals surface area (Å²) in [4.78, 5) is 22.0. The fourth-order valence-corrected chi connectivity index (χ4v) is 1.88. The van der Waals surface area contributed by atoms with Crippen molar-refractivity contribution in [3.63, 3.8) is 0 Å². The molecule has 0 saturated heterocycles. The Morgan fingerprint density at radius 3 is 2.73 bits per heavy atom.